The number of aliphatic hydroxyl groups excluding tert-OH is 1. The largest absolute Gasteiger partial charge is 0.454 e. The second kappa shape index (κ2) is 8.49. The van der Waals surface area contributed by atoms with Gasteiger partial charge in [0.2, 0.25) is 6.79 Å². The molecule has 0 unspecified atom stereocenters. The lowest BCUT2D eigenvalue weighted by atomic mass is 10.1. The van der Waals surface area contributed by atoms with E-state index in [1.54, 1.807) is 12.1 Å². The van der Waals surface area contributed by atoms with Crippen molar-refractivity contribution in [2.24, 2.45) is 0 Å². The first-order valence-electron chi connectivity index (χ1n) is 8.63. The van der Waals surface area contributed by atoms with Gasteiger partial charge in [0.1, 0.15) is 5.82 Å². The van der Waals surface area contributed by atoms with Crippen LogP contribution in [-0.2, 0) is 11.3 Å². The Bertz CT molecular complexity index is 722. The lowest BCUT2D eigenvalue weighted by molar-refractivity contribution is 0.00850. The Hall–Kier alpha value is -2.15. The summed E-state index contributed by atoms with van der Waals surface area (Å²) in [5.74, 6) is 1.21. The lowest BCUT2D eigenvalue weighted by Crippen LogP contribution is -2.34. The zero-order chi connectivity index (χ0) is 18.5. The Morgan fingerprint density at radius 2 is 1.88 bits per heavy atom. The number of aliphatic hydroxyl groups is 1. The van der Waals surface area contributed by atoms with Gasteiger partial charge in [0, 0.05) is 12.6 Å². The molecule has 0 spiro atoms. The maximum atomic E-state index is 13.0. The fourth-order valence-corrected chi connectivity index (χ4v) is 2.88. The van der Waals surface area contributed by atoms with E-state index in [0.29, 0.717) is 13.2 Å². The number of hydrogen-bond donors (Lipinski definition) is 1. The monoisotopic (exact) mass is 361 g/mol. The maximum absolute atomic E-state index is 13.0. The molecular weight excluding hydrogens is 337 g/mol. The lowest BCUT2D eigenvalue weighted by Gasteiger charge is -2.27. The van der Waals surface area contributed by atoms with Gasteiger partial charge in [-0.15, -0.1) is 0 Å². The van der Waals surface area contributed by atoms with E-state index in [1.165, 1.54) is 12.1 Å². The summed E-state index contributed by atoms with van der Waals surface area (Å²) in [7, 11) is 1.93. The minimum absolute atomic E-state index is 0.0686. The highest BCUT2D eigenvalue weighted by atomic mass is 19.1. The molecule has 26 heavy (non-hydrogen) atoms. The third-order valence-electron chi connectivity index (χ3n) is 4.53. The third-order valence-corrected chi connectivity index (χ3v) is 4.53. The van der Waals surface area contributed by atoms with Gasteiger partial charge in [0.15, 0.2) is 11.5 Å². The van der Waals surface area contributed by atoms with Crippen molar-refractivity contribution >= 4 is 0 Å². The SMILES string of the molecule is C[C@H](c1ccc(F)cc1)N(C)C[C@H](O)COCc1ccc2c(c1)OCO2. The summed E-state index contributed by atoms with van der Waals surface area (Å²) >= 11 is 0. The molecule has 1 aliphatic heterocycles. The summed E-state index contributed by atoms with van der Waals surface area (Å²) in [6, 6.07) is 12.2. The topological polar surface area (TPSA) is 51.2 Å². The second-order valence-electron chi connectivity index (χ2n) is 6.52. The summed E-state index contributed by atoms with van der Waals surface area (Å²) in [5, 5.41) is 10.2. The fraction of sp³-hybridized carbons (Fsp3) is 0.400. The minimum atomic E-state index is -0.614. The zero-order valence-electron chi connectivity index (χ0n) is 15.0. The van der Waals surface area contributed by atoms with Gasteiger partial charge in [-0.2, -0.15) is 0 Å². The van der Waals surface area contributed by atoms with Crippen molar-refractivity contribution in [2.45, 2.75) is 25.7 Å². The van der Waals surface area contributed by atoms with Crippen LogP contribution >= 0.6 is 0 Å². The van der Waals surface area contributed by atoms with E-state index >= 15 is 0 Å². The number of likely N-dealkylation sites (N-methyl/N-ethyl adjacent to an activating group) is 1. The number of hydrogen-bond acceptors (Lipinski definition) is 5. The summed E-state index contributed by atoms with van der Waals surface area (Å²) in [5.41, 5.74) is 1.97. The van der Waals surface area contributed by atoms with Gasteiger partial charge in [-0.25, -0.2) is 4.39 Å². The van der Waals surface area contributed by atoms with Crippen LogP contribution in [0, 0.1) is 5.82 Å². The predicted molar refractivity (Wildman–Crippen MR) is 95.7 cm³/mol. The van der Waals surface area contributed by atoms with Gasteiger partial charge in [0.25, 0.3) is 0 Å². The molecule has 0 saturated carbocycles. The van der Waals surface area contributed by atoms with Gasteiger partial charge >= 0.3 is 0 Å². The van der Waals surface area contributed by atoms with Crippen molar-refractivity contribution in [3.8, 4) is 11.5 Å². The molecule has 3 rings (SSSR count). The Morgan fingerprint density at radius 3 is 2.65 bits per heavy atom. The van der Waals surface area contributed by atoms with Crippen LogP contribution in [0.2, 0.25) is 0 Å². The Morgan fingerprint density at radius 1 is 1.15 bits per heavy atom. The molecule has 1 heterocycles. The second-order valence-corrected chi connectivity index (χ2v) is 6.52. The van der Waals surface area contributed by atoms with E-state index in [9.17, 15) is 9.50 Å². The van der Waals surface area contributed by atoms with Crippen molar-refractivity contribution in [1.82, 2.24) is 4.90 Å². The fourth-order valence-electron chi connectivity index (χ4n) is 2.88. The summed E-state index contributed by atoms with van der Waals surface area (Å²) < 4.78 is 29.3. The Kier molecular flexibility index (Phi) is 6.08. The average Bonchev–Trinajstić information content (AvgIpc) is 3.09. The van der Waals surface area contributed by atoms with E-state index in [2.05, 4.69) is 0 Å². The predicted octanol–water partition coefficient (Wildman–Crippen LogP) is 3.12. The molecular formula is C20H24FNO4. The molecule has 1 aliphatic rings. The first-order chi connectivity index (χ1) is 12.5. The van der Waals surface area contributed by atoms with E-state index in [0.717, 1.165) is 22.6 Å². The number of rotatable bonds is 8. The maximum Gasteiger partial charge on any atom is 0.231 e. The van der Waals surface area contributed by atoms with Crippen LogP contribution in [0.1, 0.15) is 24.1 Å². The number of ether oxygens (including phenoxy) is 3. The van der Waals surface area contributed by atoms with Gasteiger partial charge in [-0.3, -0.25) is 4.90 Å². The van der Waals surface area contributed by atoms with E-state index in [-0.39, 0.29) is 25.3 Å². The molecule has 0 fully saturated rings. The van der Waals surface area contributed by atoms with Crippen molar-refractivity contribution < 1.29 is 23.7 Å². The number of fused-ring (bicyclic) bond motifs is 1. The van der Waals surface area contributed by atoms with Gasteiger partial charge in [-0.05, 0) is 49.4 Å². The molecule has 0 bridgehead atoms. The highest BCUT2D eigenvalue weighted by molar-refractivity contribution is 5.44. The number of nitrogens with zero attached hydrogens (tertiary/aromatic N) is 1. The summed E-state index contributed by atoms with van der Waals surface area (Å²) in [6.07, 6.45) is -0.614. The van der Waals surface area contributed by atoms with Crippen molar-refractivity contribution in [1.29, 1.82) is 0 Å². The molecule has 5 nitrogen and oxygen atoms in total. The van der Waals surface area contributed by atoms with Gasteiger partial charge in [0.05, 0.1) is 19.3 Å². The molecule has 2 atom stereocenters. The van der Waals surface area contributed by atoms with Gasteiger partial charge < -0.3 is 19.3 Å². The molecule has 0 radical (unpaired) electrons. The highest BCUT2D eigenvalue weighted by Crippen LogP contribution is 2.32. The van der Waals surface area contributed by atoms with Crippen LogP contribution in [0.4, 0.5) is 4.39 Å². The standard InChI is InChI=1S/C20H24FNO4/c1-14(16-4-6-17(21)7-5-16)22(2)10-18(23)12-24-11-15-3-8-19-20(9-15)26-13-25-19/h3-9,14,18,23H,10-13H2,1-2H3/t14-,18+/m1/s1. The normalized spacial score (nSPS) is 15.3. The smallest absolute Gasteiger partial charge is 0.231 e. The summed E-state index contributed by atoms with van der Waals surface area (Å²) in [4.78, 5) is 2.02. The highest BCUT2D eigenvalue weighted by Gasteiger charge is 2.16. The van der Waals surface area contributed by atoms with Crippen molar-refractivity contribution in [2.75, 3.05) is 27.0 Å². The van der Waals surface area contributed by atoms with Crippen LogP contribution in [0.3, 0.4) is 0 Å². The first kappa shape index (κ1) is 18.6. The van der Waals surface area contributed by atoms with E-state index in [1.807, 2.05) is 37.1 Å². The van der Waals surface area contributed by atoms with Gasteiger partial charge in [-0.1, -0.05) is 18.2 Å². The molecule has 6 heteroatoms. The molecule has 0 aliphatic carbocycles. The third kappa shape index (κ3) is 4.72. The molecule has 0 aromatic heterocycles. The molecule has 1 N–H and O–H groups in total. The molecule has 140 valence electrons. The first-order valence-corrected chi connectivity index (χ1v) is 8.63. The number of halogens is 1. The van der Waals surface area contributed by atoms with E-state index < -0.39 is 6.10 Å². The minimum Gasteiger partial charge on any atom is -0.454 e. The van der Waals surface area contributed by atoms with Crippen LogP contribution < -0.4 is 9.47 Å². The number of benzene rings is 2. The van der Waals surface area contributed by atoms with Crippen LogP contribution in [0.5, 0.6) is 11.5 Å². The van der Waals surface area contributed by atoms with Crippen molar-refractivity contribution in [3.63, 3.8) is 0 Å². The Labute approximate surface area is 152 Å². The molecule has 2 aromatic rings. The molecule has 0 saturated heterocycles. The average molecular weight is 361 g/mol. The molecule has 0 amide bonds. The van der Waals surface area contributed by atoms with Crippen LogP contribution in [-0.4, -0.2) is 43.1 Å². The quantitative estimate of drug-likeness (QED) is 0.783. The Balaban J connectivity index is 1.43. The van der Waals surface area contributed by atoms with Crippen LogP contribution in [0.25, 0.3) is 0 Å². The van der Waals surface area contributed by atoms with Crippen molar-refractivity contribution in [3.05, 3.63) is 59.4 Å². The zero-order valence-corrected chi connectivity index (χ0v) is 15.0. The van der Waals surface area contributed by atoms with E-state index in [4.69, 9.17) is 14.2 Å². The summed E-state index contributed by atoms with van der Waals surface area (Å²) in [6.45, 7) is 3.35. The van der Waals surface area contributed by atoms with Crippen LogP contribution in [0.15, 0.2) is 42.5 Å². The molecule has 2 aromatic carbocycles.